The summed E-state index contributed by atoms with van der Waals surface area (Å²) in [4.78, 5) is 10.8. The van der Waals surface area contributed by atoms with E-state index in [9.17, 15) is 5.11 Å². The zero-order chi connectivity index (χ0) is 13.5. The van der Waals surface area contributed by atoms with Gasteiger partial charge in [-0.3, -0.25) is 0 Å². The Bertz CT molecular complexity index is 379. The number of nitrogens with zero attached hydrogens (tertiary/aromatic N) is 3. The monoisotopic (exact) mass is 264 g/mol. The van der Waals surface area contributed by atoms with Gasteiger partial charge in [-0.1, -0.05) is 13.3 Å². The molecule has 2 N–H and O–H groups in total. The van der Waals surface area contributed by atoms with E-state index in [1.807, 2.05) is 6.07 Å². The summed E-state index contributed by atoms with van der Waals surface area (Å²) in [6.07, 6.45) is 6.13. The normalized spacial score (nSPS) is 18.7. The lowest BCUT2D eigenvalue weighted by Gasteiger charge is -2.26. The average molecular weight is 264 g/mol. The molecule has 0 spiro atoms. The lowest BCUT2D eigenvalue weighted by Crippen LogP contribution is -2.39. The van der Waals surface area contributed by atoms with Gasteiger partial charge >= 0.3 is 0 Å². The van der Waals surface area contributed by atoms with E-state index in [0.717, 1.165) is 37.4 Å². The number of rotatable bonds is 7. The van der Waals surface area contributed by atoms with Gasteiger partial charge in [0.05, 0.1) is 6.61 Å². The van der Waals surface area contributed by atoms with Crippen molar-refractivity contribution in [2.75, 3.05) is 31.1 Å². The molecule has 106 valence electrons. The third-order valence-corrected chi connectivity index (χ3v) is 3.51. The molecule has 0 aliphatic carbocycles. The molecule has 1 aromatic heterocycles. The number of hydrogen-bond acceptors (Lipinski definition) is 5. The van der Waals surface area contributed by atoms with Crippen LogP contribution in [0.15, 0.2) is 12.4 Å². The van der Waals surface area contributed by atoms with Gasteiger partial charge in [-0.15, -0.1) is 0 Å². The third kappa shape index (κ3) is 4.14. The van der Waals surface area contributed by atoms with E-state index in [2.05, 4.69) is 27.1 Å². The van der Waals surface area contributed by atoms with Gasteiger partial charge in [0.1, 0.15) is 12.1 Å². The second-order valence-electron chi connectivity index (χ2n) is 5.08. The van der Waals surface area contributed by atoms with Gasteiger partial charge in [-0.25, -0.2) is 9.97 Å². The number of hydrogen-bond donors (Lipinski definition) is 2. The van der Waals surface area contributed by atoms with Crippen LogP contribution >= 0.6 is 0 Å². The van der Waals surface area contributed by atoms with Crippen molar-refractivity contribution >= 4 is 5.82 Å². The molecule has 1 saturated heterocycles. The van der Waals surface area contributed by atoms with Crippen LogP contribution in [-0.4, -0.2) is 47.4 Å². The van der Waals surface area contributed by atoms with Crippen LogP contribution in [0.4, 0.5) is 5.82 Å². The largest absolute Gasteiger partial charge is 0.395 e. The molecule has 19 heavy (non-hydrogen) atoms. The van der Waals surface area contributed by atoms with Crippen LogP contribution in [0.3, 0.4) is 0 Å². The molecular formula is C14H24N4O. The highest BCUT2D eigenvalue weighted by atomic mass is 16.3. The summed E-state index contributed by atoms with van der Waals surface area (Å²) in [5, 5.41) is 12.7. The summed E-state index contributed by atoms with van der Waals surface area (Å²) >= 11 is 0. The highest BCUT2D eigenvalue weighted by Crippen LogP contribution is 2.15. The molecular weight excluding hydrogens is 240 g/mol. The summed E-state index contributed by atoms with van der Waals surface area (Å²) in [5.41, 5.74) is 1.08. The molecule has 0 aromatic carbocycles. The maximum Gasteiger partial charge on any atom is 0.132 e. The number of anilines is 1. The van der Waals surface area contributed by atoms with Crippen molar-refractivity contribution in [3.63, 3.8) is 0 Å². The Labute approximate surface area is 115 Å². The van der Waals surface area contributed by atoms with Crippen molar-refractivity contribution in [1.29, 1.82) is 0 Å². The van der Waals surface area contributed by atoms with Crippen molar-refractivity contribution in [2.24, 2.45) is 0 Å². The number of aliphatic hydroxyl groups excluding tert-OH is 1. The lowest BCUT2D eigenvalue weighted by molar-refractivity contribution is 0.300. The minimum atomic E-state index is 0.153. The van der Waals surface area contributed by atoms with E-state index in [4.69, 9.17) is 0 Å². The van der Waals surface area contributed by atoms with Gasteiger partial charge < -0.3 is 15.3 Å². The molecule has 5 nitrogen and oxygen atoms in total. The number of aryl methyl sites for hydroxylation is 1. The first-order valence-corrected chi connectivity index (χ1v) is 7.23. The van der Waals surface area contributed by atoms with Crippen LogP contribution in [0.25, 0.3) is 0 Å². The van der Waals surface area contributed by atoms with Crippen molar-refractivity contribution in [1.82, 2.24) is 15.3 Å². The summed E-state index contributed by atoms with van der Waals surface area (Å²) in [6.45, 7) is 4.93. The highest BCUT2D eigenvalue weighted by Gasteiger charge is 2.18. The number of nitrogens with one attached hydrogen (secondary N) is 1. The minimum Gasteiger partial charge on any atom is -0.395 e. The molecule has 1 aliphatic heterocycles. The molecule has 0 bridgehead atoms. The minimum absolute atomic E-state index is 0.153. The van der Waals surface area contributed by atoms with Crippen molar-refractivity contribution < 1.29 is 5.11 Å². The molecule has 1 fully saturated rings. The van der Waals surface area contributed by atoms with Crippen molar-refractivity contribution in [2.45, 2.75) is 38.6 Å². The molecule has 1 aliphatic rings. The number of aromatic nitrogens is 2. The third-order valence-electron chi connectivity index (χ3n) is 3.51. The second kappa shape index (κ2) is 7.40. The van der Waals surface area contributed by atoms with E-state index in [0.29, 0.717) is 12.6 Å². The SMILES string of the molecule is CCCc1cc(N(CCO)CC2CCCN2)ncn1. The summed E-state index contributed by atoms with van der Waals surface area (Å²) in [6, 6.07) is 2.56. The van der Waals surface area contributed by atoms with Crippen molar-refractivity contribution in [3.05, 3.63) is 18.1 Å². The molecule has 0 saturated carbocycles. The van der Waals surface area contributed by atoms with Gasteiger partial charge in [0, 0.05) is 30.9 Å². The smallest absolute Gasteiger partial charge is 0.132 e. The maximum absolute atomic E-state index is 9.24. The van der Waals surface area contributed by atoms with Gasteiger partial charge in [0.15, 0.2) is 0 Å². The summed E-state index contributed by atoms with van der Waals surface area (Å²) in [5.74, 6) is 0.932. The first-order chi connectivity index (χ1) is 9.33. The molecule has 5 heteroatoms. The van der Waals surface area contributed by atoms with Crippen LogP contribution in [0.2, 0.25) is 0 Å². The molecule has 1 atom stereocenters. The first-order valence-electron chi connectivity index (χ1n) is 7.23. The lowest BCUT2D eigenvalue weighted by atomic mass is 10.2. The predicted molar refractivity (Wildman–Crippen MR) is 76.4 cm³/mol. The van der Waals surface area contributed by atoms with Crippen LogP contribution < -0.4 is 10.2 Å². The predicted octanol–water partition coefficient (Wildman–Crippen LogP) is 0.980. The fourth-order valence-corrected chi connectivity index (χ4v) is 2.55. The Morgan fingerprint density at radius 3 is 3.05 bits per heavy atom. The summed E-state index contributed by atoms with van der Waals surface area (Å²) < 4.78 is 0. The quantitative estimate of drug-likeness (QED) is 0.769. The van der Waals surface area contributed by atoms with Crippen LogP contribution in [0.5, 0.6) is 0 Å². The van der Waals surface area contributed by atoms with Crippen molar-refractivity contribution in [3.8, 4) is 0 Å². The van der Waals surface area contributed by atoms with E-state index in [-0.39, 0.29) is 6.61 Å². The van der Waals surface area contributed by atoms with E-state index in [1.54, 1.807) is 6.33 Å². The Kier molecular flexibility index (Phi) is 5.54. The van der Waals surface area contributed by atoms with E-state index in [1.165, 1.54) is 12.8 Å². The molecule has 2 heterocycles. The fourth-order valence-electron chi connectivity index (χ4n) is 2.55. The van der Waals surface area contributed by atoms with Crippen LogP contribution in [0.1, 0.15) is 31.9 Å². The van der Waals surface area contributed by atoms with Gasteiger partial charge in [0.2, 0.25) is 0 Å². The summed E-state index contributed by atoms with van der Waals surface area (Å²) in [7, 11) is 0. The number of aliphatic hydroxyl groups is 1. The fraction of sp³-hybridized carbons (Fsp3) is 0.714. The standard InChI is InChI=1S/C14H24N4O/c1-2-4-12-9-14(17-11-16-12)18(7-8-19)10-13-5-3-6-15-13/h9,11,13,15,19H,2-8,10H2,1H3. The zero-order valence-corrected chi connectivity index (χ0v) is 11.7. The van der Waals surface area contributed by atoms with Gasteiger partial charge in [-0.05, 0) is 25.8 Å². The molecule has 1 unspecified atom stereocenters. The Morgan fingerprint density at radius 1 is 1.47 bits per heavy atom. The highest BCUT2D eigenvalue weighted by molar-refractivity contribution is 5.39. The van der Waals surface area contributed by atoms with Gasteiger partial charge in [0.25, 0.3) is 0 Å². The molecule has 0 radical (unpaired) electrons. The Hall–Kier alpha value is -1.20. The molecule has 1 aromatic rings. The molecule has 2 rings (SSSR count). The molecule has 0 amide bonds. The van der Waals surface area contributed by atoms with Gasteiger partial charge in [-0.2, -0.15) is 0 Å². The average Bonchev–Trinajstić information content (AvgIpc) is 2.92. The van der Waals surface area contributed by atoms with E-state index < -0.39 is 0 Å². The maximum atomic E-state index is 9.24. The second-order valence-corrected chi connectivity index (χ2v) is 5.08. The Morgan fingerprint density at radius 2 is 2.37 bits per heavy atom. The van der Waals surface area contributed by atoms with Crippen LogP contribution in [0, 0.1) is 0 Å². The first kappa shape index (κ1) is 14.2. The topological polar surface area (TPSA) is 61.3 Å². The van der Waals surface area contributed by atoms with Crippen LogP contribution in [-0.2, 0) is 6.42 Å². The Balaban J connectivity index is 2.05. The zero-order valence-electron chi connectivity index (χ0n) is 11.7. The van der Waals surface area contributed by atoms with E-state index >= 15 is 0 Å².